The van der Waals surface area contributed by atoms with E-state index in [9.17, 15) is 4.39 Å². The van der Waals surface area contributed by atoms with Crippen molar-refractivity contribution in [2.24, 2.45) is 23.5 Å². The van der Waals surface area contributed by atoms with Gasteiger partial charge in [-0.15, -0.1) is 0 Å². The minimum absolute atomic E-state index is 0.116. The zero-order valence-electron chi connectivity index (χ0n) is 11.8. The topological polar surface area (TPSA) is 56.7 Å². The van der Waals surface area contributed by atoms with Crippen molar-refractivity contribution >= 4 is 0 Å². The SMILES string of the molecule is CC(C)Cn1ncnc1CC(F)C(CN)C(C)C. The number of rotatable bonds is 7. The third-order valence-corrected chi connectivity index (χ3v) is 3.20. The van der Waals surface area contributed by atoms with Gasteiger partial charge in [0.15, 0.2) is 0 Å². The van der Waals surface area contributed by atoms with E-state index >= 15 is 0 Å². The quantitative estimate of drug-likeness (QED) is 0.812. The molecule has 2 unspecified atom stereocenters. The van der Waals surface area contributed by atoms with Gasteiger partial charge in [0.2, 0.25) is 0 Å². The normalized spacial score (nSPS) is 15.3. The Morgan fingerprint density at radius 2 is 2.00 bits per heavy atom. The van der Waals surface area contributed by atoms with Crippen molar-refractivity contribution in [3.8, 4) is 0 Å². The summed E-state index contributed by atoms with van der Waals surface area (Å²) >= 11 is 0. The highest BCUT2D eigenvalue weighted by Gasteiger charge is 2.25. The Labute approximate surface area is 109 Å². The summed E-state index contributed by atoms with van der Waals surface area (Å²) in [5.41, 5.74) is 5.64. The summed E-state index contributed by atoms with van der Waals surface area (Å²) in [6.45, 7) is 9.37. The molecule has 104 valence electrons. The zero-order chi connectivity index (χ0) is 13.7. The van der Waals surface area contributed by atoms with Crippen molar-refractivity contribution in [2.45, 2.75) is 46.8 Å². The molecule has 2 atom stereocenters. The van der Waals surface area contributed by atoms with Gasteiger partial charge in [-0.25, -0.2) is 14.1 Å². The number of nitrogens with zero attached hydrogens (tertiary/aromatic N) is 3. The molecular weight excluding hydrogens is 231 g/mol. The molecule has 0 spiro atoms. The van der Waals surface area contributed by atoms with Gasteiger partial charge >= 0.3 is 0 Å². The maximum Gasteiger partial charge on any atom is 0.138 e. The minimum Gasteiger partial charge on any atom is -0.330 e. The van der Waals surface area contributed by atoms with Crippen LogP contribution < -0.4 is 5.73 Å². The summed E-state index contributed by atoms with van der Waals surface area (Å²) in [6, 6.07) is 0. The molecule has 0 aliphatic heterocycles. The monoisotopic (exact) mass is 256 g/mol. The summed E-state index contributed by atoms with van der Waals surface area (Å²) in [4.78, 5) is 4.16. The van der Waals surface area contributed by atoms with Gasteiger partial charge < -0.3 is 5.73 Å². The summed E-state index contributed by atoms with van der Waals surface area (Å²) in [6.07, 6.45) is 0.842. The van der Waals surface area contributed by atoms with Crippen LogP contribution in [0.2, 0.25) is 0 Å². The molecule has 1 aromatic rings. The standard InChI is InChI=1S/C13H25FN4/c1-9(2)7-18-13(16-8-17-18)5-12(14)11(6-15)10(3)4/h8-12H,5-7,15H2,1-4H3. The molecule has 18 heavy (non-hydrogen) atoms. The van der Waals surface area contributed by atoms with E-state index in [4.69, 9.17) is 5.73 Å². The van der Waals surface area contributed by atoms with Gasteiger partial charge in [-0.1, -0.05) is 27.7 Å². The van der Waals surface area contributed by atoms with Crippen molar-refractivity contribution in [3.63, 3.8) is 0 Å². The first kappa shape index (κ1) is 15.1. The highest BCUT2D eigenvalue weighted by Crippen LogP contribution is 2.20. The predicted molar refractivity (Wildman–Crippen MR) is 70.8 cm³/mol. The molecule has 0 aromatic carbocycles. The lowest BCUT2D eigenvalue weighted by Crippen LogP contribution is -2.31. The molecule has 0 aliphatic carbocycles. The molecule has 0 aliphatic rings. The van der Waals surface area contributed by atoms with Gasteiger partial charge in [0.1, 0.15) is 18.3 Å². The van der Waals surface area contributed by atoms with Crippen molar-refractivity contribution in [3.05, 3.63) is 12.2 Å². The molecule has 1 rings (SSSR count). The van der Waals surface area contributed by atoms with Crippen LogP contribution in [0.1, 0.15) is 33.5 Å². The Balaban J connectivity index is 2.69. The Kier molecular flexibility index (Phi) is 5.72. The highest BCUT2D eigenvalue weighted by atomic mass is 19.1. The molecule has 0 saturated heterocycles. The Bertz CT molecular complexity index is 349. The first-order valence-electron chi connectivity index (χ1n) is 6.66. The van der Waals surface area contributed by atoms with Gasteiger partial charge in [0.25, 0.3) is 0 Å². The Morgan fingerprint density at radius 1 is 1.33 bits per heavy atom. The second kappa shape index (κ2) is 6.83. The van der Waals surface area contributed by atoms with Gasteiger partial charge in [-0.3, -0.25) is 0 Å². The zero-order valence-corrected chi connectivity index (χ0v) is 11.8. The summed E-state index contributed by atoms with van der Waals surface area (Å²) in [5.74, 6) is 1.31. The van der Waals surface area contributed by atoms with Crippen molar-refractivity contribution in [2.75, 3.05) is 6.54 Å². The molecule has 0 fully saturated rings. The van der Waals surface area contributed by atoms with E-state index in [-0.39, 0.29) is 11.8 Å². The maximum absolute atomic E-state index is 14.2. The van der Waals surface area contributed by atoms with Crippen LogP contribution in [-0.4, -0.2) is 27.5 Å². The van der Waals surface area contributed by atoms with E-state index in [1.807, 2.05) is 13.8 Å². The molecule has 2 N–H and O–H groups in total. The molecule has 0 saturated carbocycles. The van der Waals surface area contributed by atoms with Crippen molar-refractivity contribution in [1.29, 1.82) is 0 Å². The lowest BCUT2D eigenvalue weighted by atomic mass is 9.89. The van der Waals surface area contributed by atoms with Crippen LogP contribution >= 0.6 is 0 Å². The number of hydrogen-bond acceptors (Lipinski definition) is 3. The fraction of sp³-hybridized carbons (Fsp3) is 0.846. The Morgan fingerprint density at radius 3 is 2.50 bits per heavy atom. The number of nitrogens with two attached hydrogens (primary N) is 1. The van der Waals surface area contributed by atoms with Crippen LogP contribution in [0.25, 0.3) is 0 Å². The highest BCUT2D eigenvalue weighted by molar-refractivity contribution is 4.90. The second-order valence-corrected chi connectivity index (χ2v) is 5.62. The fourth-order valence-corrected chi connectivity index (χ4v) is 2.11. The van der Waals surface area contributed by atoms with Crippen molar-refractivity contribution < 1.29 is 4.39 Å². The van der Waals surface area contributed by atoms with E-state index in [0.717, 1.165) is 12.4 Å². The number of halogens is 1. The largest absolute Gasteiger partial charge is 0.330 e. The minimum atomic E-state index is -0.954. The summed E-state index contributed by atoms with van der Waals surface area (Å²) < 4.78 is 16.0. The van der Waals surface area contributed by atoms with Crippen LogP contribution in [0.15, 0.2) is 6.33 Å². The van der Waals surface area contributed by atoms with Crippen molar-refractivity contribution in [1.82, 2.24) is 14.8 Å². The smallest absolute Gasteiger partial charge is 0.138 e. The number of alkyl halides is 1. The third kappa shape index (κ3) is 4.05. The van der Waals surface area contributed by atoms with Gasteiger partial charge in [0, 0.05) is 18.9 Å². The first-order valence-corrected chi connectivity index (χ1v) is 6.66. The third-order valence-electron chi connectivity index (χ3n) is 3.20. The fourth-order valence-electron chi connectivity index (χ4n) is 2.11. The van der Waals surface area contributed by atoms with Gasteiger partial charge in [-0.2, -0.15) is 5.10 Å². The number of hydrogen-bond donors (Lipinski definition) is 1. The second-order valence-electron chi connectivity index (χ2n) is 5.62. The van der Waals surface area contributed by atoms with Crippen LogP contribution in [-0.2, 0) is 13.0 Å². The van der Waals surface area contributed by atoms with Gasteiger partial charge in [0.05, 0.1) is 0 Å². The lowest BCUT2D eigenvalue weighted by molar-refractivity contribution is 0.181. The predicted octanol–water partition coefficient (Wildman–Crippen LogP) is 2.05. The summed E-state index contributed by atoms with van der Waals surface area (Å²) in [5, 5.41) is 4.15. The van der Waals surface area contributed by atoms with E-state index in [0.29, 0.717) is 18.9 Å². The average Bonchev–Trinajstić information content (AvgIpc) is 2.65. The molecule has 4 nitrogen and oxygen atoms in total. The van der Waals surface area contributed by atoms with E-state index in [1.54, 1.807) is 4.68 Å². The molecule has 0 amide bonds. The molecule has 5 heteroatoms. The molecule has 0 radical (unpaired) electrons. The van der Waals surface area contributed by atoms with Crippen LogP contribution in [0.3, 0.4) is 0 Å². The van der Waals surface area contributed by atoms with Crippen LogP contribution in [0.4, 0.5) is 4.39 Å². The molecular formula is C13H25FN4. The molecule has 1 aromatic heterocycles. The number of aromatic nitrogens is 3. The average molecular weight is 256 g/mol. The Hall–Kier alpha value is -0.970. The lowest BCUT2D eigenvalue weighted by Gasteiger charge is -2.23. The van der Waals surface area contributed by atoms with Gasteiger partial charge in [-0.05, 0) is 18.4 Å². The first-order chi connectivity index (χ1) is 8.45. The van der Waals surface area contributed by atoms with E-state index in [1.165, 1.54) is 6.33 Å². The van der Waals surface area contributed by atoms with E-state index in [2.05, 4.69) is 23.9 Å². The summed E-state index contributed by atoms with van der Waals surface area (Å²) in [7, 11) is 0. The van der Waals surface area contributed by atoms with Crippen LogP contribution in [0, 0.1) is 17.8 Å². The molecule has 1 heterocycles. The van der Waals surface area contributed by atoms with E-state index < -0.39 is 6.17 Å². The van der Waals surface area contributed by atoms with Crippen LogP contribution in [0.5, 0.6) is 0 Å². The molecule has 0 bridgehead atoms. The maximum atomic E-state index is 14.2.